The summed E-state index contributed by atoms with van der Waals surface area (Å²) in [5, 5.41) is 0. The molecule has 12 heavy (non-hydrogen) atoms. The van der Waals surface area contributed by atoms with Crippen LogP contribution < -0.4 is 5.90 Å². The molecule has 0 aliphatic rings. The molecule has 1 atom stereocenters. The summed E-state index contributed by atoms with van der Waals surface area (Å²) in [6, 6.07) is 4.03. The van der Waals surface area contributed by atoms with Crippen LogP contribution >= 0.6 is 0 Å². The molecule has 3 nitrogen and oxygen atoms in total. The number of aromatic nitrogens is 1. The Morgan fingerprint density at radius 1 is 1.67 bits per heavy atom. The number of hydrogen-bond acceptors (Lipinski definition) is 3. The number of rotatable bonds is 3. The lowest BCUT2D eigenvalue weighted by molar-refractivity contribution is 0.126. The lowest BCUT2D eigenvalue weighted by atomic mass is 10.0. The largest absolute Gasteiger partial charge is 0.304 e. The quantitative estimate of drug-likeness (QED) is 0.690. The van der Waals surface area contributed by atoms with Crippen molar-refractivity contribution >= 4 is 0 Å². The van der Waals surface area contributed by atoms with Crippen molar-refractivity contribution in [1.82, 2.24) is 4.98 Å². The van der Waals surface area contributed by atoms with Crippen LogP contribution in [0.3, 0.4) is 0 Å². The van der Waals surface area contributed by atoms with Crippen LogP contribution in [-0.2, 0) is 4.84 Å². The average molecular weight is 166 g/mol. The van der Waals surface area contributed by atoms with E-state index in [-0.39, 0.29) is 0 Å². The van der Waals surface area contributed by atoms with Gasteiger partial charge in [-0.05, 0) is 24.6 Å². The second-order valence-corrected chi connectivity index (χ2v) is 2.96. The van der Waals surface area contributed by atoms with Crippen LogP contribution in [0.1, 0.15) is 24.1 Å². The Kier molecular flexibility index (Phi) is 3.19. The summed E-state index contributed by atoms with van der Waals surface area (Å²) in [5.74, 6) is 5.32. The highest BCUT2D eigenvalue weighted by atomic mass is 16.6. The number of nitrogens with two attached hydrogens (primary N) is 1. The van der Waals surface area contributed by atoms with E-state index in [0.29, 0.717) is 12.5 Å². The molecular formula is C9H14N2O. The number of pyridine rings is 1. The van der Waals surface area contributed by atoms with Crippen LogP contribution in [0.15, 0.2) is 18.3 Å². The zero-order valence-electron chi connectivity index (χ0n) is 7.45. The van der Waals surface area contributed by atoms with Gasteiger partial charge in [0.05, 0.1) is 6.61 Å². The normalized spacial score (nSPS) is 12.9. The topological polar surface area (TPSA) is 48.1 Å². The van der Waals surface area contributed by atoms with E-state index >= 15 is 0 Å². The van der Waals surface area contributed by atoms with Gasteiger partial charge in [0.2, 0.25) is 0 Å². The second kappa shape index (κ2) is 4.18. The SMILES string of the molecule is Cc1cc(C(C)CON)ccn1. The molecule has 1 unspecified atom stereocenters. The fraction of sp³-hybridized carbons (Fsp3) is 0.444. The van der Waals surface area contributed by atoms with Gasteiger partial charge < -0.3 is 4.84 Å². The van der Waals surface area contributed by atoms with Gasteiger partial charge in [-0.2, -0.15) is 0 Å². The maximum absolute atomic E-state index is 4.99. The smallest absolute Gasteiger partial charge is 0.0745 e. The Labute approximate surface area is 72.5 Å². The van der Waals surface area contributed by atoms with Crippen molar-refractivity contribution in [2.75, 3.05) is 6.61 Å². The van der Waals surface area contributed by atoms with Gasteiger partial charge in [0.25, 0.3) is 0 Å². The molecule has 0 fully saturated rings. The Morgan fingerprint density at radius 2 is 2.42 bits per heavy atom. The van der Waals surface area contributed by atoms with Crippen molar-refractivity contribution < 1.29 is 4.84 Å². The van der Waals surface area contributed by atoms with E-state index in [1.54, 1.807) is 6.20 Å². The molecule has 66 valence electrons. The molecule has 0 aromatic carbocycles. The van der Waals surface area contributed by atoms with Crippen molar-refractivity contribution in [2.45, 2.75) is 19.8 Å². The Bertz CT molecular complexity index is 250. The predicted molar refractivity (Wildman–Crippen MR) is 47.5 cm³/mol. The highest BCUT2D eigenvalue weighted by molar-refractivity contribution is 5.19. The van der Waals surface area contributed by atoms with Gasteiger partial charge in [-0.1, -0.05) is 6.92 Å². The van der Waals surface area contributed by atoms with E-state index < -0.39 is 0 Å². The van der Waals surface area contributed by atoms with Crippen LogP contribution in [0, 0.1) is 6.92 Å². The lowest BCUT2D eigenvalue weighted by Crippen LogP contribution is -2.08. The van der Waals surface area contributed by atoms with Gasteiger partial charge in [-0.15, -0.1) is 0 Å². The summed E-state index contributed by atoms with van der Waals surface area (Å²) in [7, 11) is 0. The first-order chi connectivity index (χ1) is 5.74. The standard InChI is InChI=1S/C9H14N2O/c1-7(6-12-10)9-3-4-11-8(2)5-9/h3-5,7H,6,10H2,1-2H3. The summed E-state index contributed by atoms with van der Waals surface area (Å²) in [4.78, 5) is 8.69. The van der Waals surface area contributed by atoms with Crippen molar-refractivity contribution in [3.63, 3.8) is 0 Å². The van der Waals surface area contributed by atoms with Gasteiger partial charge in [-0.25, -0.2) is 5.90 Å². The molecule has 1 heterocycles. The highest BCUT2D eigenvalue weighted by Gasteiger charge is 2.04. The Hall–Kier alpha value is -0.930. The van der Waals surface area contributed by atoms with Crippen LogP contribution in [0.25, 0.3) is 0 Å². The first kappa shape index (κ1) is 9.16. The second-order valence-electron chi connectivity index (χ2n) is 2.96. The molecule has 0 radical (unpaired) electrons. The monoisotopic (exact) mass is 166 g/mol. The van der Waals surface area contributed by atoms with Gasteiger partial charge in [-0.3, -0.25) is 4.98 Å². The van der Waals surface area contributed by atoms with E-state index in [1.165, 1.54) is 5.56 Å². The fourth-order valence-electron chi connectivity index (χ4n) is 1.11. The summed E-state index contributed by atoms with van der Waals surface area (Å²) in [5.41, 5.74) is 2.24. The predicted octanol–water partition coefficient (Wildman–Crippen LogP) is 1.38. The molecule has 1 aromatic rings. The first-order valence-electron chi connectivity index (χ1n) is 3.98. The third kappa shape index (κ3) is 2.29. The van der Waals surface area contributed by atoms with Gasteiger partial charge in [0.1, 0.15) is 0 Å². The molecule has 0 aliphatic carbocycles. The number of nitrogens with zero attached hydrogens (tertiary/aromatic N) is 1. The summed E-state index contributed by atoms with van der Waals surface area (Å²) < 4.78 is 0. The maximum atomic E-state index is 4.99. The lowest BCUT2D eigenvalue weighted by Gasteiger charge is -2.09. The first-order valence-corrected chi connectivity index (χ1v) is 3.98. The van der Waals surface area contributed by atoms with Crippen molar-refractivity contribution in [3.05, 3.63) is 29.6 Å². The van der Waals surface area contributed by atoms with Crippen molar-refractivity contribution in [3.8, 4) is 0 Å². The van der Waals surface area contributed by atoms with E-state index in [0.717, 1.165) is 5.69 Å². The molecule has 0 aliphatic heterocycles. The Balaban J connectivity index is 2.73. The van der Waals surface area contributed by atoms with Crippen LogP contribution in [-0.4, -0.2) is 11.6 Å². The van der Waals surface area contributed by atoms with Gasteiger partial charge >= 0.3 is 0 Å². The minimum absolute atomic E-state index is 0.330. The van der Waals surface area contributed by atoms with Crippen molar-refractivity contribution in [2.24, 2.45) is 5.90 Å². The highest BCUT2D eigenvalue weighted by Crippen LogP contribution is 2.14. The molecule has 0 bridgehead atoms. The summed E-state index contributed by atoms with van der Waals surface area (Å²) in [6.07, 6.45) is 1.80. The maximum Gasteiger partial charge on any atom is 0.0745 e. The van der Waals surface area contributed by atoms with Gasteiger partial charge in [0, 0.05) is 17.8 Å². The van der Waals surface area contributed by atoms with Crippen LogP contribution in [0.5, 0.6) is 0 Å². The minimum atomic E-state index is 0.330. The van der Waals surface area contributed by atoms with E-state index in [1.807, 2.05) is 19.1 Å². The van der Waals surface area contributed by atoms with Crippen LogP contribution in [0.4, 0.5) is 0 Å². The third-order valence-electron chi connectivity index (χ3n) is 1.84. The molecule has 0 spiro atoms. The minimum Gasteiger partial charge on any atom is -0.304 e. The molecule has 0 saturated heterocycles. The molecule has 0 amide bonds. The van der Waals surface area contributed by atoms with E-state index in [2.05, 4.69) is 16.7 Å². The molecular weight excluding hydrogens is 152 g/mol. The van der Waals surface area contributed by atoms with Gasteiger partial charge in [0.15, 0.2) is 0 Å². The average Bonchev–Trinajstić information content (AvgIpc) is 2.05. The zero-order valence-corrected chi connectivity index (χ0v) is 7.45. The summed E-state index contributed by atoms with van der Waals surface area (Å²) in [6.45, 7) is 4.59. The molecule has 2 N–H and O–H groups in total. The zero-order chi connectivity index (χ0) is 8.97. The van der Waals surface area contributed by atoms with Crippen LogP contribution in [0.2, 0.25) is 0 Å². The molecule has 1 rings (SSSR count). The summed E-state index contributed by atoms with van der Waals surface area (Å²) >= 11 is 0. The number of hydrogen-bond donors (Lipinski definition) is 1. The Morgan fingerprint density at radius 3 is 3.00 bits per heavy atom. The van der Waals surface area contributed by atoms with Crippen molar-refractivity contribution in [1.29, 1.82) is 0 Å². The van der Waals surface area contributed by atoms with E-state index in [4.69, 9.17) is 5.90 Å². The van der Waals surface area contributed by atoms with E-state index in [9.17, 15) is 0 Å². The molecule has 0 saturated carbocycles. The number of aryl methyl sites for hydroxylation is 1. The third-order valence-corrected chi connectivity index (χ3v) is 1.84. The molecule has 1 aromatic heterocycles. The molecule has 3 heteroatoms. The fourth-order valence-corrected chi connectivity index (χ4v) is 1.11.